The first-order valence-corrected chi connectivity index (χ1v) is 5.19. The molecule has 0 saturated carbocycles. The molecule has 0 atom stereocenters. The summed E-state index contributed by atoms with van der Waals surface area (Å²) in [5, 5.41) is 0. The third kappa shape index (κ3) is 2.06. The summed E-state index contributed by atoms with van der Waals surface area (Å²) in [5.74, 6) is 0.503. The highest BCUT2D eigenvalue weighted by molar-refractivity contribution is 9.10. The Hall–Kier alpha value is -1.83. The monoisotopic (exact) mass is 286 g/mol. The van der Waals surface area contributed by atoms with E-state index in [0.29, 0.717) is 22.5 Å². The number of H-pyrrole nitrogens is 3. The van der Waals surface area contributed by atoms with Crippen molar-refractivity contribution >= 4 is 21.7 Å². The van der Waals surface area contributed by atoms with Gasteiger partial charge in [-0.1, -0.05) is 0 Å². The highest BCUT2D eigenvalue weighted by atomic mass is 79.9. The van der Waals surface area contributed by atoms with Crippen LogP contribution in [0.25, 0.3) is 0 Å². The second-order valence-corrected chi connectivity index (χ2v) is 4.02. The van der Waals surface area contributed by atoms with Gasteiger partial charge in [0.25, 0.3) is 5.56 Å². The molecule has 2 rings (SSSR count). The fourth-order valence-electron chi connectivity index (χ4n) is 1.31. The van der Waals surface area contributed by atoms with Crippen molar-refractivity contribution in [2.75, 3.05) is 5.73 Å². The van der Waals surface area contributed by atoms with Gasteiger partial charge in [0.2, 0.25) is 12.1 Å². The highest BCUT2D eigenvalue weighted by Gasteiger charge is 2.10. The molecule has 0 amide bonds. The van der Waals surface area contributed by atoms with E-state index in [9.17, 15) is 9.59 Å². The van der Waals surface area contributed by atoms with Crippen molar-refractivity contribution in [2.45, 2.75) is 6.54 Å². The Morgan fingerprint density at radius 3 is 2.75 bits per heavy atom. The van der Waals surface area contributed by atoms with Gasteiger partial charge in [-0.05, 0) is 15.9 Å². The largest absolute Gasteiger partial charge is 0.363 e. The maximum Gasteiger partial charge on any atom is 0.326 e. The summed E-state index contributed by atoms with van der Waals surface area (Å²) in [4.78, 5) is 29.8. The van der Waals surface area contributed by atoms with Gasteiger partial charge < -0.3 is 10.7 Å². The van der Waals surface area contributed by atoms with Crippen LogP contribution < -0.4 is 21.5 Å². The molecule has 0 aromatic carbocycles. The summed E-state index contributed by atoms with van der Waals surface area (Å²) in [6.07, 6.45) is 3.30. The summed E-state index contributed by atoms with van der Waals surface area (Å²) in [6.45, 7) is 0.341. The minimum atomic E-state index is -0.535. The van der Waals surface area contributed by atoms with Crippen LogP contribution in [0.3, 0.4) is 0 Å². The van der Waals surface area contributed by atoms with Crippen molar-refractivity contribution < 1.29 is 4.57 Å². The van der Waals surface area contributed by atoms with Crippen LogP contribution in [0.4, 0.5) is 5.82 Å². The van der Waals surface area contributed by atoms with Gasteiger partial charge in [-0.3, -0.25) is 9.78 Å². The van der Waals surface area contributed by atoms with Crippen LogP contribution in [0.15, 0.2) is 26.6 Å². The van der Waals surface area contributed by atoms with E-state index in [2.05, 4.69) is 30.9 Å². The van der Waals surface area contributed by atoms with Gasteiger partial charge in [0, 0.05) is 0 Å². The molecule has 2 aromatic heterocycles. The number of anilines is 1. The number of aromatic nitrogens is 4. The minimum absolute atomic E-state index is 0.305. The van der Waals surface area contributed by atoms with E-state index in [0.717, 1.165) is 0 Å². The van der Waals surface area contributed by atoms with Crippen molar-refractivity contribution in [1.29, 1.82) is 0 Å². The molecule has 5 N–H and O–H groups in total. The fraction of sp³-hybridized carbons (Fsp3) is 0.125. The molecule has 8 heteroatoms. The molecule has 2 heterocycles. The minimum Gasteiger partial charge on any atom is -0.363 e. The topological polar surface area (TPSA) is 111 Å². The van der Waals surface area contributed by atoms with Crippen LogP contribution in [0.2, 0.25) is 0 Å². The van der Waals surface area contributed by atoms with E-state index in [4.69, 9.17) is 5.73 Å². The smallest absolute Gasteiger partial charge is 0.326 e. The molecule has 0 spiro atoms. The van der Waals surface area contributed by atoms with Gasteiger partial charge in [0.05, 0.1) is 5.69 Å². The summed E-state index contributed by atoms with van der Waals surface area (Å²) in [6, 6.07) is 0. The maximum absolute atomic E-state index is 11.3. The maximum atomic E-state index is 11.3. The molecule has 0 bridgehead atoms. The first kappa shape index (κ1) is 10.7. The first-order valence-electron chi connectivity index (χ1n) is 4.40. The van der Waals surface area contributed by atoms with E-state index in [1.165, 1.54) is 0 Å². The SMILES string of the molecule is Nc1c[n+](Cc2[nH]c(=O)[nH]c(=O)c2Br)c[nH]1. The summed E-state index contributed by atoms with van der Waals surface area (Å²) < 4.78 is 2.02. The number of halogens is 1. The lowest BCUT2D eigenvalue weighted by molar-refractivity contribution is -0.687. The lowest BCUT2D eigenvalue weighted by atomic mass is 10.4. The standard InChI is InChI=1S/C8H8BrN5O2/c9-6-4(12-8(16)13-7(6)15)1-14-2-5(10)11-3-14/h2-3H,1,10H2,(H2,12,13,15,16)/p+1. The number of rotatable bonds is 2. The predicted octanol–water partition coefficient (Wildman–Crippen LogP) is -0.928. The number of nitrogens with zero attached hydrogens (tertiary/aromatic N) is 1. The molecule has 0 aliphatic heterocycles. The zero-order valence-electron chi connectivity index (χ0n) is 8.08. The van der Waals surface area contributed by atoms with E-state index >= 15 is 0 Å². The second-order valence-electron chi connectivity index (χ2n) is 3.23. The number of nitrogens with one attached hydrogen (secondary N) is 3. The molecular weight excluding hydrogens is 278 g/mol. The van der Waals surface area contributed by atoms with E-state index < -0.39 is 11.2 Å². The number of nitrogen functional groups attached to an aromatic ring is 1. The van der Waals surface area contributed by atoms with Gasteiger partial charge in [-0.25, -0.2) is 14.3 Å². The zero-order chi connectivity index (χ0) is 11.7. The van der Waals surface area contributed by atoms with Crippen LogP contribution in [0.1, 0.15) is 5.69 Å². The quantitative estimate of drug-likeness (QED) is 0.535. The first-order chi connectivity index (χ1) is 7.56. The van der Waals surface area contributed by atoms with Crippen molar-refractivity contribution in [3.05, 3.63) is 43.5 Å². The summed E-state index contributed by atoms with van der Waals surface area (Å²) in [5.41, 5.74) is 5.00. The van der Waals surface area contributed by atoms with Gasteiger partial charge in [0.15, 0.2) is 6.20 Å². The second kappa shape index (κ2) is 3.97. The number of nitrogens with two attached hydrogens (primary N) is 1. The molecule has 0 saturated heterocycles. The number of aromatic amines is 3. The van der Waals surface area contributed by atoms with E-state index in [1.807, 2.05) is 0 Å². The predicted molar refractivity (Wildman–Crippen MR) is 59.9 cm³/mol. The number of hydrogen-bond donors (Lipinski definition) is 4. The molecule has 0 aliphatic carbocycles. The van der Waals surface area contributed by atoms with Gasteiger partial charge in [-0.2, -0.15) is 0 Å². The number of imidazole rings is 1. The Balaban J connectivity index is 2.42. The molecule has 0 aliphatic rings. The van der Waals surface area contributed by atoms with Crippen molar-refractivity contribution in [3.8, 4) is 0 Å². The fourth-order valence-corrected chi connectivity index (χ4v) is 1.64. The van der Waals surface area contributed by atoms with Crippen molar-refractivity contribution in [2.24, 2.45) is 0 Å². The van der Waals surface area contributed by atoms with Gasteiger partial charge in [0.1, 0.15) is 11.0 Å². The van der Waals surface area contributed by atoms with E-state index in [-0.39, 0.29) is 0 Å². The average Bonchev–Trinajstić information content (AvgIpc) is 2.60. The Bertz CT molecular complexity index is 626. The van der Waals surface area contributed by atoms with Crippen LogP contribution in [-0.4, -0.2) is 15.0 Å². The van der Waals surface area contributed by atoms with Crippen LogP contribution in [0, 0.1) is 0 Å². The molecule has 0 fully saturated rings. The Kier molecular flexibility index (Phi) is 2.65. The third-order valence-corrected chi connectivity index (χ3v) is 2.84. The molecule has 0 radical (unpaired) electrons. The molecular formula is C8H9BrN5O2+. The van der Waals surface area contributed by atoms with Crippen LogP contribution in [-0.2, 0) is 6.54 Å². The van der Waals surface area contributed by atoms with Crippen LogP contribution in [0.5, 0.6) is 0 Å². The lowest BCUT2D eigenvalue weighted by Gasteiger charge is -1.99. The molecule has 16 heavy (non-hydrogen) atoms. The van der Waals surface area contributed by atoms with E-state index in [1.54, 1.807) is 17.1 Å². The van der Waals surface area contributed by atoms with Crippen molar-refractivity contribution in [1.82, 2.24) is 15.0 Å². The lowest BCUT2D eigenvalue weighted by Crippen LogP contribution is -2.35. The Morgan fingerprint density at radius 2 is 2.12 bits per heavy atom. The summed E-state index contributed by atoms with van der Waals surface area (Å²) >= 11 is 3.11. The van der Waals surface area contributed by atoms with Gasteiger partial charge in [-0.15, -0.1) is 0 Å². The van der Waals surface area contributed by atoms with Crippen molar-refractivity contribution in [3.63, 3.8) is 0 Å². The molecule has 7 nitrogen and oxygen atoms in total. The molecule has 84 valence electrons. The Labute approximate surface area is 97.5 Å². The summed E-state index contributed by atoms with van der Waals surface area (Å²) in [7, 11) is 0. The zero-order valence-corrected chi connectivity index (χ0v) is 9.67. The third-order valence-electron chi connectivity index (χ3n) is 2.00. The van der Waals surface area contributed by atoms with Gasteiger partial charge >= 0.3 is 5.69 Å². The normalized spacial score (nSPS) is 10.6. The number of hydrogen-bond acceptors (Lipinski definition) is 3. The molecule has 2 aromatic rings. The highest BCUT2D eigenvalue weighted by Crippen LogP contribution is 2.05. The average molecular weight is 287 g/mol. The molecule has 0 unspecified atom stereocenters. The Morgan fingerprint density at radius 1 is 1.38 bits per heavy atom. The van der Waals surface area contributed by atoms with Crippen LogP contribution >= 0.6 is 15.9 Å².